The molecule has 1 aromatic rings. The minimum atomic E-state index is -0.819. The van der Waals surface area contributed by atoms with E-state index in [1.165, 1.54) is 7.11 Å². The molecule has 19 heavy (non-hydrogen) atoms. The smallest absolute Gasteiger partial charge is 0.251 e. The van der Waals surface area contributed by atoms with Gasteiger partial charge in [0.2, 0.25) is 0 Å². The molecule has 1 amide bonds. The Bertz CT molecular complexity index is 425. The number of hydrogen-bond acceptors (Lipinski definition) is 3. The topological polar surface area (TPSA) is 58.6 Å². The standard InChI is InChI=1S/C13H17F2NO3/c1-13(3-4-17,8-19-2)16-12(18)9-5-10(14)7-11(15)6-9/h5-7,17H,3-4,8H2,1-2H3,(H,16,18). The van der Waals surface area contributed by atoms with Crippen LogP contribution in [-0.4, -0.2) is 36.9 Å². The minimum absolute atomic E-state index is 0.113. The highest BCUT2D eigenvalue weighted by molar-refractivity contribution is 5.94. The zero-order valence-electron chi connectivity index (χ0n) is 10.9. The maximum Gasteiger partial charge on any atom is 0.251 e. The molecule has 0 radical (unpaired) electrons. The van der Waals surface area contributed by atoms with Gasteiger partial charge in [-0.2, -0.15) is 0 Å². The molecule has 0 aliphatic carbocycles. The van der Waals surface area contributed by atoms with Crippen LogP contribution < -0.4 is 5.32 Å². The van der Waals surface area contributed by atoms with Gasteiger partial charge in [0.15, 0.2) is 0 Å². The Morgan fingerprint density at radius 3 is 2.42 bits per heavy atom. The van der Waals surface area contributed by atoms with Gasteiger partial charge in [-0.15, -0.1) is 0 Å². The second-order valence-corrected chi connectivity index (χ2v) is 4.58. The van der Waals surface area contributed by atoms with Crippen molar-refractivity contribution in [2.24, 2.45) is 0 Å². The molecule has 4 nitrogen and oxygen atoms in total. The lowest BCUT2D eigenvalue weighted by Gasteiger charge is -2.29. The van der Waals surface area contributed by atoms with E-state index in [9.17, 15) is 13.6 Å². The molecule has 0 aliphatic rings. The normalized spacial score (nSPS) is 13.9. The van der Waals surface area contributed by atoms with Crippen LogP contribution in [0.3, 0.4) is 0 Å². The number of aliphatic hydroxyl groups is 1. The average Bonchev–Trinajstić information content (AvgIpc) is 2.27. The summed E-state index contributed by atoms with van der Waals surface area (Å²) in [6, 6.07) is 2.59. The third kappa shape index (κ3) is 4.57. The van der Waals surface area contributed by atoms with Gasteiger partial charge in [-0.05, 0) is 25.5 Å². The van der Waals surface area contributed by atoms with Crippen molar-refractivity contribution in [3.63, 3.8) is 0 Å². The SMILES string of the molecule is COCC(C)(CCO)NC(=O)c1cc(F)cc(F)c1. The minimum Gasteiger partial charge on any atom is -0.396 e. The maximum atomic E-state index is 13.0. The van der Waals surface area contributed by atoms with Gasteiger partial charge in [-0.1, -0.05) is 0 Å². The van der Waals surface area contributed by atoms with E-state index in [1.54, 1.807) is 6.92 Å². The van der Waals surface area contributed by atoms with Gasteiger partial charge in [0.25, 0.3) is 5.91 Å². The largest absolute Gasteiger partial charge is 0.396 e. The molecular formula is C13H17F2NO3. The van der Waals surface area contributed by atoms with Crippen LogP contribution in [0.1, 0.15) is 23.7 Å². The summed E-state index contributed by atoms with van der Waals surface area (Å²) in [7, 11) is 1.46. The Kier molecular flexibility index (Phi) is 5.38. The summed E-state index contributed by atoms with van der Waals surface area (Å²) in [4.78, 5) is 11.9. The Morgan fingerprint density at radius 2 is 1.95 bits per heavy atom. The lowest BCUT2D eigenvalue weighted by atomic mass is 9.98. The number of ether oxygens (including phenoxy) is 1. The van der Waals surface area contributed by atoms with Gasteiger partial charge in [0.05, 0.1) is 12.1 Å². The Balaban J connectivity index is 2.87. The van der Waals surface area contributed by atoms with E-state index >= 15 is 0 Å². The van der Waals surface area contributed by atoms with Crippen LogP contribution >= 0.6 is 0 Å². The number of methoxy groups -OCH3 is 1. The molecule has 1 unspecified atom stereocenters. The molecule has 1 atom stereocenters. The summed E-state index contributed by atoms with van der Waals surface area (Å²) in [6.45, 7) is 1.72. The van der Waals surface area contributed by atoms with E-state index in [0.717, 1.165) is 12.1 Å². The van der Waals surface area contributed by atoms with Gasteiger partial charge >= 0.3 is 0 Å². The number of hydrogen-bond donors (Lipinski definition) is 2. The van der Waals surface area contributed by atoms with Crippen LogP contribution in [0.4, 0.5) is 8.78 Å². The highest BCUT2D eigenvalue weighted by Crippen LogP contribution is 2.13. The van der Waals surface area contributed by atoms with Crippen molar-refractivity contribution in [3.8, 4) is 0 Å². The lowest BCUT2D eigenvalue weighted by molar-refractivity contribution is 0.0725. The Morgan fingerprint density at radius 1 is 1.37 bits per heavy atom. The van der Waals surface area contributed by atoms with Gasteiger partial charge in [-0.25, -0.2) is 8.78 Å². The maximum absolute atomic E-state index is 13.0. The molecule has 0 bridgehead atoms. The van der Waals surface area contributed by atoms with Crippen LogP contribution in [0.5, 0.6) is 0 Å². The van der Waals surface area contributed by atoms with Gasteiger partial charge in [0, 0.05) is 25.3 Å². The number of benzene rings is 1. The summed E-state index contributed by atoms with van der Waals surface area (Å²) in [5, 5.41) is 11.6. The predicted molar refractivity (Wildman–Crippen MR) is 65.8 cm³/mol. The highest BCUT2D eigenvalue weighted by Gasteiger charge is 2.26. The molecule has 0 aliphatic heterocycles. The van der Waals surface area contributed by atoms with Crippen molar-refractivity contribution < 1.29 is 23.4 Å². The second-order valence-electron chi connectivity index (χ2n) is 4.58. The fourth-order valence-electron chi connectivity index (χ4n) is 1.77. The van der Waals surface area contributed by atoms with Gasteiger partial charge < -0.3 is 15.2 Å². The summed E-state index contributed by atoms with van der Waals surface area (Å²) < 4.78 is 31.0. The summed E-state index contributed by atoms with van der Waals surface area (Å²) in [5.74, 6) is -2.26. The molecule has 6 heteroatoms. The summed E-state index contributed by atoms with van der Waals surface area (Å²) in [5.41, 5.74) is -0.915. The van der Waals surface area contributed by atoms with E-state index < -0.39 is 23.1 Å². The van der Waals surface area contributed by atoms with Crippen LogP contribution in [0.15, 0.2) is 18.2 Å². The molecule has 0 fully saturated rings. The molecule has 106 valence electrons. The molecule has 1 aromatic carbocycles. The number of rotatable bonds is 6. The third-order valence-electron chi connectivity index (χ3n) is 2.67. The Hall–Kier alpha value is -1.53. The van der Waals surface area contributed by atoms with Crippen molar-refractivity contribution >= 4 is 5.91 Å². The molecule has 0 aromatic heterocycles. The van der Waals surface area contributed by atoms with E-state index in [4.69, 9.17) is 9.84 Å². The summed E-state index contributed by atoms with van der Waals surface area (Å²) >= 11 is 0. The number of carbonyl (C=O) groups excluding carboxylic acids is 1. The van der Waals surface area contributed by atoms with E-state index in [2.05, 4.69) is 5.32 Å². The first-order valence-electron chi connectivity index (χ1n) is 5.78. The van der Waals surface area contributed by atoms with Crippen LogP contribution in [0.2, 0.25) is 0 Å². The van der Waals surface area contributed by atoms with Crippen molar-refractivity contribution in [1.29, 1.82) is 0 Å². The van der Waals surface area contributed by atoms with E-state index in [1.807, 2.05) is 0 Å². The second kappa shape index (κ2) is 6.58. The fraction of sp³-hybridized carbons (Fsp3) is 0.462. The number of halogens is 2. The molecule has 0 saturated heterocycles. The van der Waals surface area contributed by atoms with E-state index in [-0.39, 0.29) is 25.2 Å². The molecule has 0 spiro atoms. The predicted octanol–water partition coefficient (Wildman–Crippen LogP) is 1.48. The monoisotopic (exact) mass is 273 g/mol. The molecule has 0 heterocycles. The van der Waals surface area contributed by atoms with Crippen molar-refractivity contribution in [2.75, 3.05) is 20.3 Å². The van der Waals surface area contributed by atoms with Crippen molar-refractivity contribution in [2.45, 2.75) is 18.9 Å². The first kappa shape index (κ1) is 15.5. The molecular weight excluding hydrogens is 256 g/mol. The van der Waals surface area contributed by atoms with Crippen molar-refractivity contribution in [3.05, 3.63) is 35.4 Å². The molecule has 1 rings (SSSR count). The number of aliphatic hydroxyl groups excluding tert-OH is 1. The van der Waals surface area contributed by atoms with Crippen LogP contribution in [0.25, 0.3) is 0 Å². The Labute approximate surface area is 110 Å². The average molecular weight is 273 g/mol. The lowest BCUT2D eigenvalue weighted by Crippen LogP contribution is -2.50. The quantitative estimate of drug-likeness (QED) is 0.825. The first-order chi connectivity index (χ1) is 8.90. The number of nitrogens with one attached hydrogen (secondary N) is 1. The fourth-order valence-corrected chi connectivity index (χ4v) is 1.77. The van der Waals surface area contributed by atoms with Crippen LogP contribution in [0, 0.1) is 11.6 Å². The van der Waals surface area contributed by atoms with Gasteiger partial charge in [0.1, 0.15) is 11.6 Å². The van der Waals surface area contributed by atoms with E-state index in [0.29, 0.717) is 6.07 Å². The molecule has 0 saturated carbocycles. The summed E-state index contributed by atoms with van der Waals surface area (Å²) in [6.07, 6.45) is 0.268. The highest BCUT2D eigenvalue weighted by atomic mass is 19.1. The third-order valence-corrected chi connectivity index (χ3v) is 2.67. The molecule has 2 N–H and O–H groups in total. The van der Waals surface area contributed by atoms with Crippen LogP contribution in [-0.2, 0) is 4.74 Å². The first-order valence-corrected chi connectivity index (χ1v) is 5.78. The number of amides is 1. The van der Waals surface area contributed by atoms with Crippen molar-refractivity contribution in [1.82, 2.24) is 5.32 Å². The zero-order valence-corrected chi connectivity index (χ0v) is 10.9. The zero-order chi connectivity index (χ0) is 14.5. The van der Waals surface area contributed by atoms with Gasteiger partial charge in [-0.3, -0.25) is 4.79 Å². The number of carbonyl (C=O) groups is 1.